The van der Waals surface area contributed by atoms with E-state index in [4.69, 9.17) is 0 Å². The van der Waals surface area contributed by atoms with Crippen LogP contribution in [0.2, 0.25) is 0 Å². The lowest BCUT2D eigenvalue weighted by Crippen LogP contribution is -2.46. The van der Waals surface area contributed by atoms with Gasteiger partial charge in [0.1, 0.15) is 0 Å². The van der Waals surface area contributed by atoms with Crippen molar-refractivity contribution in [1.82, 2.24) is 5.32 Å². The standard InChI is InChI=1S/C13H21NO3S/c1-10(2)14-13(3,9-15)11-5-7-12(8-6-11)18(4,16)17/h5-8,10,14-15H,9H2,1-4H3. The third-order valence-corrected chi connectivity index (χ3v) is 3.97. The van der Waals surface area contributed by atoms with E-state index in [1.54, 1.807) is 24.3 Å². The van der Waals surface area contributed by atoms with Gasteiger partial charge in [0.2, 0.25) is 0 Å². The first-order chi connectivity index (χ1) is 8.19. The van der Waals surface area contributed by atoms with Gasteiger partial charge in [-0.1, -0.05) is 12.1 Å². The van der Waals surface area contributed by atoms with E-state index in [1.807, 2.05) is 20.8 Å². The lowest BCUT2D eigenvalue weighted by Gasteiger charge is -2.31. The highest BCUT2D eigenvalue weighted by atomic mass is 32.2. The summed E-state index contributed by atoms with van der Waals surface area (Å²) in [5.74, 6) is 0. The van der Waals surface area contributed by atoms with Crippen LogP contribution in [-0.4, -0.2) is 32.4 Å². The van der Waals surface area contributed by atoms with Gasteiger partial charge in [0.25, 0.3) is 0 Å². The number of benzene rings is 1. The van der Waals surface area contributed by atoms with Crippen molar-refractivity contribution in [3.63, 3.8) is 0 Å². The zero-order chi connectivity index (χ0) is 14.0. The molecule has 5 heteroatoms. The molecular weight excluding hydrogens is 250 g/mol. The molecule has 1 aromatic carbocycles. The van der Waals surface area contributed by atoms with Crippen LogP contribution in [0.5, 0.6) is 0 Å². The quantitative estimate of drug-likeness (QED) is 0.847. The number of sulfone groups is 1. The summed E-state index contributed by atoms with van der Waals surface area (Å²) in [5.41, 5.74) is 0.301. The molecule has 18 heavy (non-hydrogen) atoms. The Labute approximate surface area is 109 Å². The predicted molar refractivity (Wildman–Crippen MR) is 72.3 cm³/mol. The van der Waals surface area contributed by atoms with E-state index in [0.717, 1.165) is 5.56 Å². The van der Waals surface area contributed by atoms with Crippen molar-refractivity contribution in [2.45, 2.75) is 37.2 Å². The van der Waals surface area contributed by atoms with E-state index in [2.05, 4.69) is 5.32 Å². The number of rotatable bonds is 5. The van der Waals surface area contributed by atoms with Crippen LogP contribution in [0.4, 0.5) is 0 Å². The second-order valence-electron chi connectivity index (χ2n) is 5.09. The summed E-state index contributed by atoms with van der Waals surface area (Å²) < 4.78 is 22.8. The molecule has 0 fully saturated rings. The molecule has 0 heterocycles. The molecule has 0 aromatic heterocycles. The van der Waals surface area contributed by atoms with E-state index in [0.29, 0.717) is 0 Å². The maximum atomic E-state index is 11.4. The van der Waals surface area contributed by atoms with Crippen LogP contribution < -0.4 is 5.32 Å². The molecule has 0 bridgehead atoms. The fourth-order valence-electron chi connectivity index (χ4n) is 1.93. The molecule has 0 spiro atoms. The third kappa shape index (κ3) is 3.54. The smallest absolute Gasteiger partial charge is 0.175 e. The van der Waals surface area contributed by atoms with Crippen LogP contribution in [0.3, 0.4) is 0 Å². The lowest BCUT2D eigenvalue weighted by atomic mass is 9.92. The van der Waals surface area contributed by atoms with Crippen LogP contribution in [0.15, 0.2) is 29.2 Å². The van der Waals surface area contributed by atoms with Gasteiger partial charge in [0.15, 0.2) is 9.84 Å². The molecule has 2 N–H and O–H groups in total. The molecule has 0 radical (unpaired) electrons. The summed E-state index contributed by atoms with van der Waals surface area (Å²) in [6.07, 6.45) is 1.18. The fourth-order valence-corrected chi connectivity index (χ4v) is 2.56. The average molecular weight is 271 g/mol. The Hall–Kier alpha value is -0.910. The minimum atomic E-state index is -3.18. The van der Waals surface area contributed by atoms with Gasteiger partial charge in [-0.15, -0.1) is 0 Å². The van der Waals surface area contributed by atoms with E-state index in [9.17, 15) is 13.5 Å². The van der Waals surface area contributed by atoms with Crippen LogP contribution >= 0.6 is 0 Å². The topological polar surface area (TPSA) is 66.4 Å². The molecule has 1 rings (SSSR count). The lowest BCUT2D eigenvalue weighted by molar-refractivity contribution is 0.166. The first-order valence-corrected chi connectivity index (χ1v) is 7.77. The molecule has 0 amide bonds. The molecular formula is C13H21NO3S. The Bertz CT molecular complexity index is 493. The molecule has 4 nitrogen and oxygen atoms in total. The number of hydrogen-bond acceptors (Lipinski definition) is 4. The summed E-state index contributed by atoms with van der Waals surface area (Å²) >= 11 is 0. The number of aliphatic hydroxyl groups excluding tert-OH is 1. The number of aliphatic hydroxyl groups is 1. The maximum absolute atomic E-state index is 11.4. The first kappa shape index (κ1) is 15.1. The highest BCUT2D eigenvalue weighted by molar-refractivity contribution is 7.90. The summed E-state index contributed by atoms with van der Waals surface area (Å²) in [7, 11) is -3.18. The van der Waals surface area contributed by atoms with Crippen LogP contribution in [0.1, 0.15) is 26.3 Å². The second-order valence-corrected chi connectivity index (χ2v) is 7.10. The summed E-state index contributed by atoms with van der Waals surface area (Å²) in [6.45, 7) is 5.84. The van der Waals surface area contributed by atoms with E-state index in [-0.39, 0.29) is 17.5 Å². The molecule has 102 valence electrons. The number of nitrogens with one attached hydrogen (secondary N) is 1. The Morgan fingerprint density at radius 1 is 1.28 bits per heavy atom. The highest BCUT2D eigenvalue weighted by Crippen LogP contribution is 2.22. The van der Waals surface area contributed by atoms with E-state index in [1.165, 1.54) is 6.26 Å². The molecule has 1 atom stereocenters. The van der Waals surface area contributed by atoms with Gasteiger partial charge in [-0.2, -0.15) is 0 Å². The van der Waals surface area contributed by atoms with Crippen LogP contribution in [0.25, 0.3) is 0 Å². The fraction of sp³-hybridized carbons (Fsp3) is 0.538. The Kier molecular flexibility index (Phi) is 4.53. The Morgan fingerprint density at radius 2 is 1.78 bits per heavy atom. The minimum absolute atomic E-state index is 0.0522. The molecule has 0 aliphatic heterocycles. The van der Waals surface area contributed by atoms with Gasteiger partial charge in [0, 0.05) is 12.3 Å². The summed E-state index contributed by atoms with van der Waals surface area (Å²) in [5, 5.41) is 12.8. The Balaban J connectivity index is 3.10. The van der Waals surface area contributed by atoms with Gasteiger partial charge < -0.3 is 10.4 Å². The normalized spacial score (nSPS) is 15.7. The van der Waals surface area contributed by atoms with Crippen molar-refractivity contribution >= 4 is 9.84 Å². The van der Waals surface area contributed by atoms with Crippen molar-refractivity contribution in [2.75, 3.05) is 12.9 Å². The molecule has 0 saturated heterocycles. The van der Waals surface area contributed by atoms with Crippen LogP contribution in [-0.2, 0) is 15.4 Å². The monoisotopic (exact) mass is 271 g/mol. The SMILES string of the molecule is CC(C)NC(C)(CO)c1ccc(S(C)(=O)=O)cc1. The van der Waals surface area contributed by atoms with Gasteiger partial charge in [-0.05, 0) is 38.5 Å². The third-order valence-electron chi connectivity index (χ3n) is 2.84. The van der Waals surface area contributed by atoms with Crippen molar-refractivity contribution < 1.29 is 13.5 Å². The predicted octanol–water partition coefficient (Wildman–Crippen LogP) is 1.30. The summed E-state index contributed by atoms with van der Waals surface area (Å²) in [6, 6.07) is 6.84. The molecule has 0 saturated carbocycles. The van der Waals surface area contributed by atoms with E-state index < -0.39 is 15.4 Å². The number of hydrogen-bond donors (Lipinski definition) is 2. The molecule has 1 unspecified atom stereocenters. The van der Waals surface area contributed by atoms with Crippen molar-refractivity contribution in [2.24, 2.45) is 0 Å². The minimum Gasteiger partial charge on any atom is -0.394 e. The zero-order valence-electron chi connectivity index (χ0n) is 11.3. The second kappa shape index (κ2) is 5.38. The van der Waals surface area contributed by atoms with Gasteiger partial charge in [0.05, 0.1) is 17.0 Å². The molecule has 0 aliphatic carbocycles. The summed E-state index contributed by atoms with van der Waals surface area (Å²) in [4.78, 5) is 0.288. The zero-order valence-corrected chi connectivity index (χ0v) is 12.1. The highest BCUT2D eigenvalue weighted by Gasteiger charge is 2.26. The van der Waals surface area contributed by atoms with Gasteiger partial charge >= 0.3 is 0 Å². The van der Waals surface area contributed by atoms with Crippen molar-refractivity contribution in [3.05, 3.63) is 29.8 Å². The first-order valence-electron chi connectivity index (χ1n) is 5.88. The Morgan fingerprint density at radius 3 is 2.11 bits per heavy atom. The average Bonchev–Trinajstić information content (AvgIpc) is 2.27. The van der Waals surface area contributed by atoms with Gasteiger partial charge in [-0.3, -0.25) is 0 Å². The largest absolute Gasteiger partial charge is 0.394 e. The maximum Gasteiger partial charge on any atom is 0.175 e. The molecule has 0 aliphatic rings. The van der Waals surface area contributed by atoms with E-state index >= 15 is 0 Å². The van der Waals surface area contributed by atoms with Gasteiger partial charge in [-0.25, -0.2) is 8.42 Å². The van der Waals surface area contributed by atoms with Crippen LogP contribution in [0, 0.1) is 0 Å². The van der Waals surface area contributed by atoms with Crippen molar-refractivity contribution in [3.8, 4) is 0 Å². The van der Waals surface area contributed by atoms with Crippen molar-refractivity contribution in [1.29, 1.82) is 0 Å². The molecule has 1 aromatic rings.